The number of hydrogen-bond acceptors (Lipinski definition) is 6. The van der Waals surface area contributed by atoms with Gasteiger partial charge in [0.05, 0.1) is 19.3 Å². The third kappa shape index (κ3) is 4.81. The molecule has 0 aliphatic carbocycles. The maximum absolute atomic E-state index is 12.3. The van der Waals surface area contributed by atoms with E-state index >= 15 is 0 Å². The molecule has 3 aromatic rings. The Morgan fingerprint density at radius 2 is 1.97 bits per heavy atom. The van der Waals surface area contributed by atoms with Gasteiger partial charge in [-0.2, -0.15) is 5.10 Å². The van der Waals surface area contributed by atoms with Gasteiger partial charge in [-0.25, -0.2) is 13.1 Å². The van der Waals surface area contributed by atoms with Crippen LogP contribution in [0.2, 0.25) is 0 Å². The number of sulfonamides is 1. The number of ether oxygens (including phenoxy) is 2. The van der Waals surface area contributed by atoms with Crippen LogP contribution in [0.5, 0.6) is 5.75 Å². The molecule has 2 aromatic carbocycles. The number of aromatic nitrogens is 2. The van der Waals surface area contributed by atoms with Gasteiger partial charge in [-0.1, -0.05) is 36.4 Å². The van der Waals surface area contributed by atoms with E-state index < -0.39 is 10.0 Å². The number of aryl methyl sites for hydroxylation is 1. The van der Waals surface area contributed by atoms with Crippen LogP contribution in [0.4, 0.5) is 0 Å². The maximum Gasteiger partial charge on any atom is 0.259 e. The predicted octanol–water partition coefficient (Wildman–Crippen LogP) is 2.28. The summed E-state index contributed by atoms with van der Waals surface area (Å²) >= 11 is 0. The third-order valence-corrected chi connectivity index (χ3v) is 7.57. The molecule has 174 valence electrons. The summed E-state index contributed by atoms with van der Waals surface area (Å²) in [4.78, 5) is 2.53. The van der Waals surface area contributed by atoms with Crippen LogP contribution in [-0.2, 0) is 34.8 Å². The van der Waals surface area contributed by atoms with Crippen molar-refractivity contribution in [2.24, 2.45) is 7.05 Å². The summed E-state index contributed by atoms with van der Waals surface area (Å²) in [7, 11) is -1.96. The minimum absolute atomic E-state index is 0.00588. The van der Waals surface area contributed by atoms with Crippen LogP contribution in [0.15, 0.2) is 65.8 Å². The van der Waals surface area contributed by atoms with Gasteiger partial charge in [-0.05, 0) is 41.3 Å². The SMILES string of the molecule is Cn1ccc(S(=O)(=O)NCCOc2ccc3c(c2)C(Cc2ccccc2)N(C2COC2)C3)n1. The van der Waals surface area contributed by atoms with Gasteiger partial charge in [0.15, 0.2) is 5.03 Å². The molecule has 1 saturated heterocycles. The Morgan fingerprint density at radius 3 is 2.67 bits per heavy atom. The molecule has 0 spiro atoms. The maximum atomic E-state index is 12.3. The summed E-state index contributed by atoms with van der Waals surface area (Å²) in [5.41, 5.74) is 3.89. The Balaban J connectivity index is 1.25. The molecule has 0 bridgehead atoms. The lowest BCUT2D eigenvalue weighted by Gasteiger charge is -2.38. The van der Waals surface area contributed by atoms with E-state index in [2.05, 4.69) is 51.1 Å². The zero-order chi connectivity index (χ0) is 22.8. The van der Waals surface area contributed by atoms with Crippen LogP contribution in [-0.4, -0.2) is 55.5 Å². The van der Waals surface area contributed by atoms with Gasteiger partial charge in [0.2, 0.25) is 0 Å². The highest BCUT2D eigenvalue weighted by Gasteiger charge is 2.38. The fraction of sp³-hybridized carbons (Fsp3) is 0.375. The second-order valence-corrected chi connectivity index (χ2v) is 10.2. The third-order valence-electron chi connectivity index (χ3n) is 6.22. The first kappa shape index (κ1) is 22.1. The molecular formula is C24H28N4O4S. The van der Waals surface area contributed by atoms with E-state index in [1.54, 1.807) is 13.2 Å². The number of hydrogen-bond donors (Lipinski definition) is 1. The molecule has 0 radical (unpaired) electrons. The van der Waals surface area contributed by atoms with Crippen LogP contribution in [0, 0.1) is 0 Å². The summed E-state index contributed by atoms with van der Waals surface area (Å²) in [6.07, 6.45) is 2.53. The number of nitrogens with zero attached hydrogens (tertiary/aromatic N) is 3. The molecule has 33 heavy (non-hydrogen) atoms. The van der Waals surface area contributed by atoms with Crippen molar-refractivity contribution in [3.8, 4) is 5.75 Å². The van der Waals surface area contributed by atoms with Crippen molar-refractivity contribution in [1.82, 2.24) is 19.4 Å². The average molecular weight is 469 g/mol. The first-order valence-electron chi connectivity index (χ1n) is 11.1. The van der Waals surface area contributed by atoms with Crippen molar-refractivity contribution in [1.29, 1.82) is 0 Å². The van der Waals surface area contributed by atoms with Crippen molar-refractivity contribution < 1.29 is 17.9 Å². The summed E-state index contributed by atoms with van der Waals surface area (Å²) in [6, 6.07) is 18.9. The normalized spacial score (nSPS) is 18.8. The largest absolute Gasteiger partial charge is 0.492 e. The van der Waals surface area contributed by atoms with Crippen LogP contribution >= 0.6 is 0 Å². The first-order chi connectivity index (χ1) is 16.0. The van der Waals surface area contributed by atoms with Gasteiger partial charge in [0.25, 0.3) is 10.0 Å². The van der Waals surface area contributed by atoms with E-state index in [1.165, 1.54) is 27.4 Å². The highest BCUT2D eigenvalue weighted by Crippen LogP contribution is 2.40. The molecule has 1 unspecified atom stereocenters. The Labute approximate surface area is 194 Å². The van der Waals surface area contributed by atoms with Crippen molar-refractivity contribution in [2.45, 2.75) is 30.1 Å². The smallest absolute Gasteiger partial charge is 0.259 e. The lowest BCUT2D eigenvalue weighted by Crippen LogP contribution is -2.48. The van der Waals surface area contributed by atoms with Crippen LogP contribution in [0.25, 0.3) is 0 Å². The minimum Gasteiger partial charge on any atom is -0.492 e. The molecule has 1 aromatic heterocycles. The van der Waals surface area contributed by atoms with E-state index in [0.717, 1.165) is 31.9 Å². The molecule has 3 heterocycles. The fourth-order valence-corrected chi connectivity index (χ4v) is 5.40. The van der Waals surface area contributed by atoms with Gasteiger partial charge in [-0.15, -0.1) is 0 Å². The zero-order valence-electron chi connectivity index (χ0n) is 18.6. The van der Waals surface area contributed by atoms with Gasteiger partial charge in [0, 0.05) is 32.4 Å². The van der Waals surface area contributed by atoms with Gasteiger partial charge in [-0.3, -0.25) is 9.58 Å². The van der Waals surface area contributed by atoms with Gasteiger partial charge < -0.3 is 9.47 Å². The van der Waals surface area contributed by atoms with Crippen molar-refractivity contribution >= 4 is 10.0 Å². The number of nitrogens with one attached hydrogen (secondary N) is 1. The minimum atomic E-state index is -3.64. The predicted molar refractivity (Wildman–Crippen MR) is 123 cm³/mol. The van der Waals surface area contributed by atoms with Crippen LogP contribution < -0.4 is 9.46 Å². The number of rotatable bonds is 9. The standard InChI is InChI=1S/C24H28N4O4S/c1-27-11-9-24(26-27)33(29,30)25-10-12-32-21-8-7-19-15-28(20-16-31-17-20)23(22(19)14-21)13-18-5-3-2-4-6-18/h2-9,11,14,20,23,25H,10,12-13,15-17H2,1H3. The van der Waals surface area contributed by atoms with Gasteiger partial charge >= 0.3 is 0 Å². The number of fused-ring (bicyclic) bond motifs is 1. The first-order valence-corrected chi connectivity index (χ1v) is 12.6. The van der Waals surface area contributed by atoms with Crippen molar-refractivity contribution in [2.75, 3.05) is 26.4 Å². The van der Waals surface area contributed by atoms with E-state index in [4.69, 9.17) is 9.47 Å². The molecule has 1 atom stereocenters. The lowest BCUT2D eigenvalue weighted by molar-refractivity contribution is -0.0784. The quantitative estimate of drug-likeness (QED) is 0.485. The van der Waals surface area contributed by atoms with Crippen molar-refractivity contribution in [3.05, 3.63) is 77.5 Å². The molecule has 5 rings (SSSR count). The summed E-state index contributed by atoms with van der Waals surface area (Å²) in [5.74, 6) is 0.746. The van der Waals surface area contributed by atoms with Crippen LogP contribution in [0.3, 0.4) is 0 Å². The van der Waals surface area contributed by atoms with E-state index in [1.807, 2.05) is 12.1 Å². The Bertz CT molecular complexity index is 1210. The van der Waals surface area contributed by atoms with E-state index in [9.17, 15) is 8.42 Å². The highest BCUT2D eigenvalue weighted by atomic mass is 32.2. The molecular weight excluding hydrogens is 440 g/mol. The highest BCUT2D eigenvalue weighted by molar-refractivity contribution is 7.89. The van der Waals surface area contributed by atoms with Gasteiger partial charge in [0.1, 0.15) is 12.4 Å². The van der Waals surface area contributed by atoms with Crippen molar-refractivity contribution in [3.63, 3.8) is 0 Å². The molecule has 8 nitrogen and oxygen atoms in total. The molecule has 0 saturated carbocycles. The summed E-state index contributed by atoms with van der Waals surface area (Å²) in [6.45, 7) is 2.85. The Morgan fingerprint density at radius 1 is 1.15 bits per heavy atom. The topological polar surface area (TPSA) is 85.7 Å². The molecule has 2 aliphatic rings. The molecule has 2 aliphatic heterocycles. The molecule has 0 amide bonds. The number of benzene rings is 2. The Kier molecular flexibility index (Phi) is 6.20. The second-order valence-electron chi connectivity index (χ2n) is 8.50. The average Bonchev–Trinajstić information content (AvgIpc) is 3.36. The summed E-state index contributed by atoms with van der Waals surface area (Å²) < 4.78 is 40.0. The second kappa shape index (κ2) is 9.26. The van der Waals surface area contributed by atoms with E-state index in [-0.39, 0.29) is 24.2 Å². The summed E-state index contributed by atoms with van der Waals surface area (Å²) in [5, 5.41) is 3.95. The zero-order valence-corrected chi connectivity index (χ0v) is 19.4. The monoisotopic (exact) mass is 468 g/mol. The van der Waals surface area contributed by atoms with E-state index in [0.29, 0.717) is 6.04 Å². The Hall–Kier alpha value is -2.72. The molecule has 9 heteroatoms. The fourth-order valence-electron chi connectivity index (χ4n) is 4.42. The van der Waals surface area contributed by atoms with Crippen LogP contribution in [0.1, 0.15) is 22.7 Å². The lowest BCUT2D eigenvalue weighted by atomic mass is 9.97. The molecule has 1 N–H and O–H groups in total. The molecule has 1 fully saturated rings.